The number of nitrogens with two attached hydrogens (primary N) is 1. The van der Waals surface area contributed by atoms with Crippen LogP contribution in [-0.4, -0.2) is 18.2 Å². The zero-order valence-corrected chi connectivity index (χ0v) is 16.7. The summed E-state index contributed by atoms with van der Waals surface area (Å²) in [6, 6.07) is 23.4. The average molecular weight is 404 g/mol. The van der Waals surface area contributed by atoms with E-state index < -0.39 is 5.92 Å². The molecular formula is C24H22ClN3O. The molecule has 1 unspecified atom stereocenters. The van der Waals surface area contributed by atoms with Gasteiger partial charge in [-0.25, -0.2) is 0 Å². The van der Waals surface area contributed by atoms with E-state index in [1.165, 1.54) is 5.56 Å². The van der Waals surface area contributed by atoms with Crippen LogP contribution in [0.3, 0.4) is 0 Å². The molecule has 1 heterocycles. The number of fused-ring (bicyclic) bond motifs is 1. The Hall–Kier alpha value is -2.95. The highest BCUT2D eigenvalue weighted by Gasteiger charge is 2.35. The molecule has 0 fully saturated rings. The number of hydrogen-bond acceptors (Lipinski definition) is 3. The van der Waals surface area contributed by atoms with Crippen LogP contribution in [0.4, 0.5) is 11.4 Å². The van der Waals surface area contributed by atoms with E-state index in [1.807, 2.05) is 54.6 Å². The highest BCUT2D eigenvalue weighted by Crippen LogP contribution is 2.37. The molecule has 3 aromatic rings. The Morgan fingerprint density at radius 2 is 1.79 bits per heavy atom. The maximum absolute atomic E-state index is 12.9. The van der Waals surface area contributed by atoms with Gasteiger partial charge in [-0.05, 0) is 60.3 Å². The molecular weight excluding hydrogens is 382 g/mol. The zero-order valence-electron chi connectivity index (χ0n) is 15.9. The van der Waals surface area contributed by atoms with Crippen molar-refractivity contribution in [3.63, 3.8) is 0 Å². The standard InChI is InChI=1S/C24H22ClN3O/c25-18-10-13-20-21(15-18)28-24(29)22(20)23(17-6-2-1-3-7-17)27-19-11-8-16(9-12-19)5-4-14-26/h1-3,6-13,15,22H,4-5,14,26H2,(H,28,29). The van der Waals surface area contributed by atoms with Gasteiger partial charge in [0.15, 0.2) is 0 Å². The van der Waals surface area contributed by atoms with E-state index in [-0.39, 0.29) is 5.91 Å². The predicted molar refractivity (Wildman–Crippen MR) is 119 cm³/mol. The minimum atomic E-state index is -0.485. The number of carbonyl (C=O) groups is 1. The van der Waals surface area contributed by atoms with Crippen molar-refractivity contribution in [1.82, 2.24) is 0 Å². The van der Waals surface area contributed by atoms with Gasteiger partial charge in [-0.3, -0.25) is 9.79 Å². The summed E-state index contributed by atoms with van der Waals surface area (Å²) in [6.07, 6.45) is 1.91. The van der Waals surface area contributed by atoms with Crippen molar-refractivity contribution in [3.8, 4) is 0 Å². The van der Waals surface area contributed by atoms with Gasteiger partial charge in [0, 0.05) is 10.7 Å². The van der Waals surface area contributed by atoms with Crippen LogP contribution in [0.15, 0.2) is 77.8 Å². The summed E-state index contributed by atoms with van der Waals surface area (Å²) in [6.45, 7) is 0.679. The van der Waals surface area contributed by atoms with Crippen LogP contribution in [0.1, 0.15) is 29.0 Å². The van der Waals surface area contributed by atoms with Crippen molar-refractivity contribution in [2.24, 2.45) is 10.7 Å². The van der Waals surface area contributed by atoms with Crippen molar-refractivity contribution in [2.45, 2.75) is 18.8 Å². The number of anilines is 1. The Labute approximate surface area is 175 Å². The second-order valence-electron chi connectivity index (χ2n) is 7.08. The summed E-state index contributed by atoms with van der Waals surface area (Å²) in [5.74, 6) is -0.578. The molecule has 29 heavy (non-hydrogen) atoms. The molecule has 0 saturated heterocycles. The molecule has 3 aromatic carbocycles. The third-order valence-corrected chi connectivity index (χ3v) is 5.28. The van der Waals surface area contributed by atoms with Crippen LogP contribution in [0.25, 0.3) is 0 Å². The number of aliphatic imine (C=N–C) groups is 1. The maximum atomic E-state index is 12.9. The van der Waals surface area contributed by atoms with Crippen LogP contribution in [0.2, 0.25) is 5.02 Å². The SMILES string of the molecule is NCCCc1ccc(N=C(c2ccccc2)C2C(=O)Nc3cc(Cl)ccc32)cc1. The van der Waals surface area contributed by atoms with E-state index in [9.17, 15) is 4.79 Å². The first-order valence-corrected chi connectivity index (χ1v) is 10.1. The normalized spacial score (nSPS) is 15.9. The number of nitrogens with one attached hydrogen (secondary N) is 1. The molecule has 3 N–H and O–H groups in total. The average Bonchev–Trinajstić information content (AvgIpc) is 3.06. The fourth-order valence-electron chi connectivity index (χ4n) is 3.59. The van der Waals surface area contributed by atoms with E-state index in [2.05, 4.69) is 17.4 Å². The number of nitrogens with zero attached hydrogens (tertiary/aromatic N) is 1. The second kappa shape index (κ2) is 8.60. The molecule has 4 nitrogen and oxygen atoms in total. The summed E-state index contributed by atoms with van der Waals surface area (Å²) in [7, 11) is 0. The van der Waals surface area contributed by atoms with Crippen LogP contribution in [0, 0.1) is 0 Å². The minimum Gasteiger partial charge on any atom is -0.330 e. The molecule has 1 aliphatic rings. The third kappa shape index (κ3) is 4.24. The summed E-state index contributed by atoms with van der Waals surface area (Å²) in [5.41, 5.74) is 10.9. The largest absolute Gasteiger partial charge is 0.330 e. The molecule has 1 aliphatic heterocycles. The van der Waals surface area contributed by atoms with Gasteiger partial charge in [-0.15, -0.1) is 0 Å². The van der Waals surface area contributed by atoms with Crippen LogP contribution in [-0.2, 0) is 11.2 Å². The second-order valence-corrected chi connectivity index (χ2v) is 7.51. The molecule has 4 rings (SSSR count). The van der Waals surface area contributed by atoms with E-state index in [4.69, 9.17) is 22.3 Å². The predicted octanol–water partition coefficient (Wildman–Crippen LogP) is 5.09. The first-order valence-electron chi connectivity index (χ1n) is 9.69. The van der Waals surface area contributed by atoms with Crippen LogP contribution < -0.4 is 11.1 Å². The van der Waals surface area contributed by atoms with Gasteiger partial charge in [-0.2, -0.15) is 0 Å². The first-order chi connectivity index (χ1) is 14.2. The molecule has 0 bridgehead atoms. The molecule has 0 aliphatic carbocycles. The van der Waals surface area contributed by atoms with Gasteiger partial charge in [0.25, 0.3) is 0 Å². The quantitative estimate of drug-likeness (QED) is 0.563. The number of carbonyl (C=O) groups excluding carboxylic acids is 1. The van der Waals surface area contributed by atoms with Gasteiger partial charge in [-0.1, -0.05) is 60.1 Å². The lowest BCUT2D eigenvalue weighted by Gasteiger charge is -2.14. The Balaban J connectivity index is 1.76. The molecule has 0 radical (unpaired) electrons. The lowest BCUT2D eigenvalue weighted by atomic mass is 9.90. The van der Waals surface area contributed by atoms with E-state index >= 15 is 0 Å². The van der Waals surface area contributed by atoms with Crippen molar-refractivity contribution < 1.29 is 4.79 Å². The minimum absolute atomic E-state index is 0.0931. The van der Waals surface area contributed by atoms with Crippen LogP contribution >= 0.6 is 11.6 Å². The third-order valence-electron chi connectivity index (χ3n) is 5.04. The Morgan fingerprint density at radius 3 is 2.52 bits per heavy atom. The van der Waals surface area contributed by atoms with Gasteiger partial charge in [0.2, 0.25) is 5.91 Å². The monoisotopic (exact) mass is 403 g/mol. The highest BCUT2D eigenvalue weighted by molar-refractivity contribution is 6.31. The number of benzene rings is 3. The van der Waals surface area contributed by atoms with E-state index in [0.717, 1.165) is 41.1 Å². The molecule has 146 valence electrons. The number of aryl methyl sites for hydroxylation is 1. The molecule has 0 saturated carbocycles. The topological polar surface area (TPSA) is 67.5 Å². The van der Waals surface area contributed by atoms with Crippen molar-refractivity contribution in [2.75, 3.05) is 11.9 Å². The van der Waals surface area contributed by atoms with Crippen molar-refractivity contribution in [3.05, 3.63) is 94.5 Å². The summed E-state index contributed by atoms with van der Waals surface area (Å²) in [5, 5.41) is 3.53. The Kier molecular flexibility index (Phi) is 5.74. The van der Waals surface area contributed by atoms with E-state index in [1.54, 1.807) is 6.07 Å². The highest BCUT2D eigenvalue weighted by atomic mass is 35.5. The molecule has 1 atom stereocenters. The number of rotatable bonds is 6. The smallest absolute Gasteiger partial charge is 0.238 e. The summed E-state index contributed by atoms with van der Waals surface area (Å²) < 4.78 is 0. The molecule has 5 heteroatoms. The Morgan fingerprint density at radius 1 is 1.03 bits per heavy atom. The number of amides is 1. The lowest BCUT2D eigenvalue weighted by molar-refractivity contribution is -0.115. The Bertz CT molecular complexity index is 1050. The van der Waals surface area contributed by atoms with Gasteiger partial charge in [0.1, 0.15) is 5.92 Å². The fraction of sp³-hybridized carbons (Fsp3) is 0.167. The molecule has 1 amide bonds. The van der Waals surface area contributed by atoms with Crippen molar-refractivity contribution >= 4 is 34.6 Å². The maximum Gasteiger partial charge on any atom is 0.238 e. The van der Waals surface area contributed by atoms with E-state index in [0.29, 0.717) is 11.6 Å². The van der Waals surface area contributed by atoms with Gasteiger partial charge in [0.05, 0.1) is 11.4 Å². The summed E-state index contributed by atoms with van der Waals surface area (Å²) >= 11 is 6.11. The zero-order chi connectivity index (χ0) is 20.2. The van der Waals surface area contributed by atoms with Gasteiger partial charge >= 0.3 is 0 Å². The number of hydrogen-bond donors (Lipinski definition) is 2. The molecule has 0 spiro atoms. The lowest BCUT2D eigenvalue weighted by Crippen LogP contribution is -2.21. The first kappa shape index (κ1) is 19.4. The van der Waals surface area contributed by atoms with Gasteiger partial charge < -0.3 is 11.1 Å². The molecule has 0 aromatic heterocycles. The van der Waals surface area contributed by atoms with Crippen LogP contribution in [0.5, 0.6) is 0 Å². The van der Waals surface area contributed by atoms with Crippen molar-refractivity contribution in [1.29, 1.82) is 0 Å². The number of halogens is 1. The fourth-order valence-corrected chi connectivity index (χ4v) is 3.77. The summed E-state index contributed by atoms with van der Waals surface area (Å²) in [4.78, 5) is 17.8.